The number of amides is 1. The van der Waals surface area contributed by atoms with Crippen molar-refractivity contribution in [2.24, 2.45) is 0 Å². The lowest BCUT2D eigenvalue weighted by atomic mass is 10.3. The maximum Gasteiger partial charge on any atom is 0.238 e. The molecule has 0 aliphatic rings. The Morgan fingerprint density at radius 2 is 1.90 bits per heavy atom. The van der Waals surface area contributed by atoms with Crippen LogP contribution in [-0.2, 0) is 4.79 Å². The number of carbonyl (C=O) groups is 1. The first-order valence-corrected chi connectivity index (χ1v) is 7.06. The summed E-state index contributed by atoms with van der Waals surface area (Å²) in [4.78, 5) is 11.7. The number of nitrogens with one attached hydrogen (secondary N) is 2. The molecule has 0 aliphatic carbocycles. The fourth-order valence-electron chi connectivity index (χ4n) is 1.73. The maximum absolute atomic E-state index is 11.7. The van der Waals surface area contributed by atoms with Gasteiger partial charge >= 0.3 is 0 Å². The van der Waals surface area contributed by atoms with Gasteiger partial charge in [0.1, 0.15) is 12.4 Å². The van der Waals surface area contributed by atoms with Crippen molar-refractivity contribution in [2.45, 2.75) is 0 Å². The predicted molar refractivity (Wildman–Crippen MR) is 84.9 cm³/mol. The third-order valence-electron chi connectivity index (χ3n) is 2.68. The molecule has 0 saturated heterocycles. The van der Waals surface area contributed by atoms with Gasteiger partial charge in [0, 0.05) is 17.3 Å². The summed E-state index contributed by atoms with van der Waals surface area (Å²) in [7, 11) is 0. The predicted octanol–water partition coefficient (Wildman–Crippen LogP) is 2.95. The molecular weight excluding hydrogens is 288 g/mol. The van der Waals surface area contributed by atoms with Gasteiger partial charge in [0.25, 0.3) is 0 Å². The maximum atomic E-state index is 11.7. The number of benzene rings is 2. The Kier molecular flexibility index (Phi) is 6.06. The number of hydrogen-bond donors (Lipinski definition) is 2. The molecule has 5 heteroatoms. The first-order valence-electron chi connectivity index (χ1n) is 6.68. The van der Waals surface area contributed by atoms with Gasteiger partial charge in [-0.1, -0.05) is 35.9 Å². The number of anilines is 1. The van der Waals surface area contributed by atoms with E-state index in [1.807, 2.05) is 30.3 Å². The number of halogens is 1. The normalized spacial score (nSPS) is 10.1. The van der Waals surface area contributed by atoms with Crippen LogP contribution in [0, 0.1) is 0 Å². The van der Waals surface area contributed by atoms with Crippen LogP contribution in [-0.4, -0.2) is 25.6 Å². The lowest BCUT2D eigenvalue weighted by Gasteiger charge is -2.08. The molecule has 2 aromatic carbocycles. The summed E-state index contributed by atoms with van der Waals surface area (Å²) in [6.45, 7) is 1.33. The van der Waals surface area contributed by atoms with Crippen LogP contribution in [0.4, 0.5) is 5.69 Å². The summed E-state index contributed by atoms with van der Waals surface area (Å²) in [5.74, 6) is 0.708. The minimum Gasteiger partial charge on any atom is -0.492 e. The molecule has 2 aromatic rings. The largest absolute Gasteiger partial charge is 0.492 e. The fourth-order valence-corrected chi connectivity index (χ4v) is 1.92. The molecule has 0 radical (unpaired) electrons. The Morgan fingerprint density at radius 1 is 1.10 bits per heavy atom. The lowest BCUT2D eigenvalue weighted by Crippen LogP contribution is -2.31. The summed E-state index contributed by atoms with van der Waals surface area (Å²) in [5.41, 5.74) is 0.690. The van der Waals surface area contributed by atoms with Gasteiger partial charge < -0.3 is 15.4 Å². The monoisotopic (exact) mass is 304 g/mol. The van der Waals surface area contributed by atoms with Crippen LogP contribution in [0.3, 0.4) is 0 Å². The van der Waals surface area contributed by atoms with Crippen LogP contribution in [0.15, 0.2) is 54.6 Å². The van der Waals surface area contributed by atoms with Gasteiger partial charge in [-0.2, -0.15) is 0 Å². The van der Waals surface area contributed by atoms with E-state index in [4.69, 9.17) is 16.3 Å². The van der Waals surface area contributed by atoms with Gasteiger partial charge in [0.15, 0.2) is 0 Å². The highest BCUT2D eigenvalue weighted by atomic mass is 35.5. The molecule has 0 atom stereocenters. The zero-order valence-corrected chi connectivity index (χ0v) is 12.3. The number of para-hydroxylation sites is 1. The molecule has 0 heterocycles. The van der Waals surface area contributed by atoms with Crippen LogP contribution < -0.4 is 15.4 Å². The average Bonchev–Trinajstić information content (AvgIpc) is 2.48. The van der Waals surface area contributed by atoms with E-state index in [0.29, 0.717) is 23.9 Å². The minimum atomic E-state index is -0.114. The van der Waals surface area contributed by atoms with Crippen molar-refractivity contribution in [2.75, 3.05) is 25.0 Å². The van der Waals surface area contributed by atoms with Crippen molar-refractivity contribution in [3.8, 4) is 5.75 Å². The molecule has 2 rings (SSSR count). The molecular formula is C16H17ClN2O2. The van der Waals surface area contributed by atoms with Crippen molar-refractivity contribution in [1.29, 1.82) is 0 Å². The third-order valence-corrected chi connectivity index (χ3v) is 2.92. The molecule has 4 nitrogen and oxygen atoms in total. The summed E-state index contributed by atoms with van der Waals surface area (Å²) < 4.78 is 5.51. The number of ether oxygens (including phenoxy) is 1. The number of hydrogen-bond acceptors (Lipinski definition) is 3. The highest BCUT2D eigenvalue weighted by Gasteiger charge is 2.02. The van der Waals surface area contributed by atoms with E-state index in [9.17, 15) is 4.79 Å². The Morgan fingerprint density at radius 3 is 2.67 bits per heavy atom. The Balaban J connectivity index is 1.61. The molecule has 0 aromatic heterocycles. The highest BCUT2D eigenvalue weighted by Crippen LogP contribution is 2.14. The van der Waals surface area contributed by atoms with Crippen LogP contribution in [0.1, 0.15) is 0 Å². The Hall–Kier alpha value is -2.04. The molecule has 0 unspecified atom stereocenters. The van der Waals surface area contributed by atoms with Gasteiger partial charge in [-0.25, -0.2) is 0 Å². The van der Waals surface area contributed by atoms with E-state index in [1.165, 1.54) is 0 Å². The van der Waals surface area contributed by atoms with Crippen molar-refractivity contribution in [3.63, 3.8) is 0 Å². The van der Waals surface area contributed by atoms with Crippen molar-refractivity contribution >= 4 is 23.2 Å². The SMILES string of the molecule is O=C(CNCCOc1ccccc1)Nc1cccc(Cl)c1. The van der Waals surface area contributed by atoms with Crippen molar-refractivity contribution in [1.82, 2.24) is 5.32 Å². The highest BCUT2D eigenvalue weighted by molar-refractivity contribution is 6.30. The second kappa shape index (κ2) is 8.29. The van der Waals surface area contributed by atoms with Crippen molar-refractivity contribution in [3.05, 3.63) is 59.6 Å². The van der Waals surface area contributed by atoms with E-state index in [-0.39, 0.29) is 12.5 Å². The van der Waals surface area contributed by atoms with Gasteiger partial charge in [0.05, 0.1) is 6.54 Å². The second-order valence-electron chi connectivity index (χ2n) is 4.40. The zero-order valence-electron chi connectivity index (χ0n) is 11.5. The van der Waals surface area contributed by atoms with Gasteiger partial charge in [-0.15, -0.1) is 0 Å². The summed E-state index contributed by atoms with van der Waals surface area (Å²) >= 11 is 5.85. The van der Waals surface area contributed by atoms with E-state index in [0.717, 1.165) is 5.75 Å². The molecule has 0 spiro atoms. The molecule has 0 saturated carbocycles. The summed E-state index contributed by atoms with van der Waals surface area (Å²) in [5, 5.41) is 6.38. The first kappa shape index (κ1) is 15.4. The molecule has 21 heavy (non-hydrogen) atoms. The molecule has 110 valence electrons. The van der Waals surface area contributed by atoms with Crippen LogP contribution in [0.2, 0.25) is 5.02 Å². The molecule has 0 aliphatic heterocycles. The van der Waals surface area contributed by atoms with Gasteiger partial charge in [-0.05, 0) is 30.3 Å². The smallest absolute Gasteiger partial charge is 0.238 e. The van der Waals surface area contributed by atoms with Gasteiger partial charge in [0.2, 0.25) is 5.91 Å². The van der Waals surface area contributed by atoms with Crippen molar-refractivity contribution < 1.29 is 9.53 Å². The standard InChI is InChI=1S/C16H17ClN2O2/c17-13-5-4-6-14(11-13)19-16(20)12-18-9-10-21-15-7-2-1-3-8-15/h1-8,11,18H,9-10,12H2,(H,19,20). The van der Waals surface area contributed by atoms with Crippen LogP contribution in [0.25, 0.3) is 0 Å². The molecule has 2 N–H and O–H groups in total. The second-order valence-corrected chi connectivity index (χ2v) is 4.83. The van der Waals surface area contributed by atoms with E-state index in [2.05, 4.69) is 10.6 Å². The zero-order chi connectivity index (χ0) is 14.9. The molecule has 1 amide bonds. The number of rotatable bonds is 7. The topological polar surface area (TPSA) is 50.4 Å². The quantitative estimate of drug-likeness (QED) is 0.773. The Labute approximate surface area is 129 Å². The first-order chi connectivity index (χ1) is 10.2. The van der Waals surface area contributed by atoms with E-state index < -0.39 is 0 Å². The van der Waals surface area contributed by atoms with Gasteiger partial charge in [-0.3, -0.25) is 4.79 Å². The minimum absolute atomic E-state index is 0.114. The fraction of sp³-hybridized carbons (Fsp3) is 0.188. The lowest BCUT2D eigenvalue weighted by molar-refractivity contribution is -0.115. The van der Waals surface area contributed by atoms with Crippen LogP contribution in [0.5, 0.6) is 5.75 Å². The Bertz CT molecular complexity index is 575. The summed E-state index contributed by atoms with van der Waals surface area (Å²) in [6, 6.07) is 16.6. The van der Waals surface area contributed by atoms with E-state index in [1.54, 1.807) is 24.3 Å². The summed E-state index contributed by atoms with van der Waals surface area (Å²) in [6.07, 6.45) is 0. The average molecular weight is 305 g/mol. The number of carbonyl (C=O) groups excluding carboxylic acids is 1. The van der Waals surface area contributed by atoms with Crippen LogP contribution >= 0.6 is 11.6 Å². The third kappa shape index (κ3) is 5.85. The molecule has 0 bridgehead atoms. The molecule has 0 fully saturated rings. The van der Waals surface area contributed by atoms with E-state index >= 15 is 0 Å².